The minimum atomic E-state index is -1.28. The highest BCUT2D eigenvalue weighted by Gasteiger charge is 2.42. The molecule has 2 rings (SSSR count). The van der Waals surface area contributed by atoms with Gasteiger partial charge in [0.2, 0.25) is 0 Å². The lowest BCUT2D eigenvalue weighted by Gasteiger charge is -2.39. The van der Waals surface area contributed by atoms with Crippen molar-refractivity contribution in [2.45, 2.75) is 37.9 Å². The molecule has 0 bridgehead atoms. The summed E-state index contributed by atoms with van der Waals surface area (Å²) in [6.45, 7) is 1.55. The van der Waals surface area contributed by atoms with Crippen LogP contribution in [0.15, 0.2) is 24.3 Å². The van der Waals surface area contributed by atoms with E-state index in [4.69, 9.17) is 9.47 Å². The summed E-state index contributed by atoms with van der Waals surface area (Å²) in [6.07, 6.45) is -4.39. The van der Waals surface area contributed by atoms with Gasteiger partial charge in [-0.2, -0.15) is 0 Å². The van der Waals surface area contributed by atoms with E-state index in [0.29, 0.717) is 11.3 Å². The lowest BCUT2D eigenvalue weighted by atomic mass is 9.86. The highest BCUT2D eigenvalue weighted by molar-refractivity contribution is 5.96. The number of ether oxygens (including phenoxy) is 2. The number of rotatable bonds is 4. The molecule has 6 nitrogen and oxygen atoms in total. The summed E-state index contributed by atoms with van der Waals surface area (Å²) in [5.74, 6) is -0.464. The molecule has 21 heavy (non-hydrogen) atoms. The van der Waals surface area contributed by atoms with Crippen molar-refractivity contribution in [1.82, 2.24) is 0 Å². The molecular weight excluding hydrogens is 276 g/mol. The maximum absolute atomic E-state index is 12.2. The van der Waals surface area contributed by atoms with Gasteiger partial charge in [0.25, 0.3) is 0 Å². The van der Waals surface area contributed by atoms with Gasteiger partial charge in [-0.05, 0) is 31.2 Å². The average molecular weight is 296 g/mol. The number of ketones is 1. The van der Waals surface area contributed by atoms with Crippen molar-refractivity contribution in [3.63, 3.8) is 0 Å². The molecule has 116 valence electrons. The maximum atomic E-state index is 12.2. The van der Waals surface area contributed by atoms with Gasteiger partial charge in [0, 0.05) is 17.9 Å². The summed E-state index contributed by atoms with van der Waals surface area (Å²) >= 11 is 0. The predicted octanol–water partition coefficient (Wildman–Crippen LogP) is 0.343. The van der Waals surface area contributed by atoms with Crippen LogP contribution in [-0.4, -0.2) is 52.8 Å². The van der Waals surface area contributed by atoms with E-state index >= 15 is 0 Å². The number of aliphatic hydroxyl groups excluding tert-OH is 3. The third-order valence-electron chi connectivity index (χ3n) is 3.82. The second kappa shape index (κ2) is 6.53. The molecule has 1 aliphatic rings. The molecule has 3 N–H and O–H groups in total. The SMILES string of the molecule is COc1ccc(C(=O)C[C@@H]2C(O)O[C@H](C)[C@@H](O)[C@@H]2O)cc1. The number of Topliss-reactive ketones (excluding diaryl/α,β-unsaturated/α-hetero) is 1. The third kappa shape index (κ3) is 3.41. The monoisotopic (exact) mass is 296 g/mol. The fourth-order valence-electron chi connectivity index (χ4n) is 2.43. The highest BCUT2D eigenvalue weighted by Crippen LogP contribution is 2.28. The van der Waals surface area contributed by atoms with E-state index in [1.807, 2.05) is 0 Å². The lowest BCUT2D eigenvalue weighted by molar-refractivity contribution is -0.258. The van der Waals surface area contributed by atoms with Gasteiger partial charge in [-0.15, -0.1) is 0 Å². The van der Waals surface area contributed by atoms with Crippen molar-refractivity contribution in [2.24, 2.45) is 5.92 Å². The van der Waals surface area contributed by atoms with Gasteiger partial charge in [0.05, 0.1) is 19.3 Å². The van der Waals surface area contributed by atoms with Crippen LogP contribution in [-0.2, 0) is 4.74 Å². The molecule has 1 aromatic carbocycles. The first-order chi connectivity index (χ1) is 9.93. The standard InChI is InChI=1S/C15H20O6/c1-8-13(17)14(18)11(15(19)21-8)7-12(16)9-3-5-10(20-2)6-4-9/h3-6,8,11,13-15,17-19H,7H2,1-2H3/t8-,11+,13-,14-,15?/m1/s1. The van der Waals surface area contributed by atoms with E-state index in [0.717, 1.165) is 0 Å². The molecular formula is C15H20O6. The second-order valence-electron chi connectivity index (χ2n) is 5.23. The van der Waals surface area contributed by atoms with Crippen LogP contribution in [0.25, 0.3) is 0 Å². The largest absolute Gasteiger partial charge is 0.497 e. The number of carbonyl (C=O) groups excluding carboxylic acids is 1. The van der Waals surface area contributed by atoms with E-state index < -0.39 is 30.5 Å². The molecule has 1 heterocycles. The van der Waals surface area contributed by atoms with Crippen molar-refractivity contribution < 1.29 is 29.6 Å². The zero-order valence-corrected chi connectivity index (χ0v) is 12.0. The molecule has 5 atom stereocenters. The van der Waals surface area contributed by atoms with E-state index in [1.54, 1.807) is 31.2 Å². The zero-order chi connectivity index (χ0) is 15.6. The molecule has 0 aliphatic carbocycles. The Labute approximate surface area is 122 Å². The molecule has 6 heteroatoms. The molecule has 1 unspecified atom stereocenters. The second-order valence-corrected chi connectivity index (χ2v) is 5.23. The third-order valence-corrected chi connectivity index (χ3v) is 3.82. The van der Waals surface area contributed by atoms with Crippen molar-refractivity contribution in [3.8, 4) is 5.75 Å². The van der Waals surface area contributed by atoms with Crippen LogP contribution in [0, 0.1) is 5.92 Å². The Balaban J connectivity index is 2.07. The molecule has 1 aromatic rings. The Morgan fingerprint density at radius 2 is 1.81 bits per heavy atom. The Bertz CT molecular complexity index is 485. The van der Waals surface area contributed by atoms with Gasteiger partial charge in [-0.3, -0.25) is 4.79 Å². The number of carbonyl (C=O) groups is 1. The summed E-state index contributed by atoms with van der Waals surface area (Å²) in [6, 6.07) is 6.55. The van der Waals surface area contributed by atoms with Gasteiger partial charge in [0.15, 0.2) is 12.1 Å². The van der Waals surface area contributed by atoms with Crippen molar-refractivity contribution in [2.75, 3.05) is 7.11 Å². The minimum absolute atomic E-state index is 0.113. The Morgan fingerprint density at radius 3 is 2.38 bits per heavy atom. The van der Waals surface area contributed by atoms with E-state index in [-0.39, 0.29) is 12.2 Å². The first kappa shape index (κ1) is 15.9. The summed E-state index contributed by atoms with van der Waals surface area (Å²) in [5.41, 5.74) is 0.448. The van der Waals surface area contributed by atoms with Gasteiger partial charge < -0.3 is 24.8 Å². The predicted molar refractivity (Wildman–Crippen MR) is 74.0 cm³/mol. The first-order valence-corrected chi connectivity index (χ1v) is 6.81. The van der Waals surface area contributed by atoms with E-state index in [2.05, 4.69) is 0 Å². The van der Waals surface area contributed by atoms with Crippen molar-refractivity contribution in [1.29, 1.82) is 0 Å². The van der Waals surface area contributed by atoms with Crippen LogP contribution in [0.1, 0.15) is 23.7 Å². The minimum Gasteiger partial charge on any atom is -0.497 e. The quantitative estimate of drug-likeness (QED) is 0.694. The van der Waals surface area contributed by atoms with Crippen molar-refractivity contribution in [3.05, 3.63) is 29.8 Å². The summed E-state index contributed by atoms with van der Waals surface area (Å²) in [4.78, 5) is 12.2. The summed E-state index contributed by atoms with van der Waals surface area (Å²) in [7, 11) is 1.53. The number of benzene rings is 1. The fraction of sp³-hybridized carbons (Fsp3) is 0.533. The smallest absolute Gasteiger partial charge is 0.163 e. The molecule has 1 fully saturated rings. The van der Waals surface area contributed by atoms with Gasteiger partial charge >= 0.3 is 0 Å². The Kier molecular flexibility index (Phi) is 4.95. The molecule has 0 aromatic heterocycles. The number of aliphatic hydroxyl groups is 3. The Morgan fingerprint density at radius 1 is 1.19 bits per heavy atom. The van der Waals surface area contributed by atoms with Gasteiger partial charge in [-0.25, -0.2) is 0 Å². The number of hydrogen-bond acceptors (Lipinski definition) is 6. The van der Waals surface area contributed by atoms with Crippen LogP contribution in [0.3, 0.4) is 0 Å². The lowest BCUT2D eigenvalue weighted by Crippen LogP contribution is -2.53. The molecule has 1 saturated heterocycles. The Hall–Kier alpha value is -1.47. The summed E-state index contributed by atoms with van der Waals surface area (Å²) < 4.78 is 10.1. The van der Waals surface area contributed by atoms with Gasteiger partial charge in [0.1, 0.15) is 11.9 Å². The molecule has 0 saturated carbocycles. The topological polar surface area (TPSA) is 96.2 Å². The van der Waals surface area contributed by atoms with Crippen LogP contribution in [0.4, 0.5) is 0 Å². The number of methoxy groups -OCH3 is 1. The molecule has 1 aliphatic heterocycles. The highest BCUT2D eigenvalue weighted by atomic mass is 16.6. The zero-order valence-electron chi connectivity index (χ0n) is 12.0. The molecule has 0 amide bonds. The molecule has 0 spiro atoms. The van der Waals surface area contributed by atoms with Crippen LogP contribution >= 0.6 is 0 Å². The van der Waals surface area contributed by atoms with E-state index in [1.165, 1.54) is 7.11 Å². The van der Waals surface area contributed by atoms with Crippen molar-refractivity contribution >= 4 is 5.78 Å². The van der Waals surface area contributed by atoms with Crippen LogP contribution in [0.2, 0.25) is 0 Å². The fourth-order valence-corrected chi connectivity index (χ4v) is 2.43. The van der Waals surface area contributed by atoms with Crippen LogP contribution < -0.4 is 4.74 Å². The molecule has 0 radical (unpaired) electrons. The normalized spacial score (nSPS) is 32.7. The number of hydrogen-bond donors (Lipinski definition) is 3. The maximum Gasteiger partial charge on any atom is 0.163 e. The summed E-state index contributed by atoms with van der Waals surface area (Å²) in [5, 5.41) is 29.6. The van der Waals surface area contributed by atoms with Gasteiger partial charge in [-0.1, -0.05) is 0 Å². The van der Waals surface area contributed by atoms with Crippen LogP contribution in [0.5, 0.6) is 5.75 Å². The average Bonchev–Trinajstić information content (AvgIpc) is 2.49. The van der Waals surface area contributed by atoms with E-state index in [9.17, 15) is 20.1 Å². The first-order valence-electron chi connectivity index (χ1n) is 6.81.